The highest BCUT2D eigenvalue weighted by Gasteiger charge is 2.05. The Morgan fingerprint density at radius 2 is 2.08 bits per heavy atom. The number of ether oxygens (including phenoxy) is 1. The summed E-state index contributed by atoms with van der Waals surface area (Å²) < 4.78 is 5.37. The molecule has 1 heterocycles. The number of allylic oxidation sites excluding steroid dienone is 1. The molecule has 1 aromatic carbocycles. The lowest BCUT2D eigenvalue weighted by atomic mass is 10.3. The minimum absolute atomic E-state index is 0.863. The fourth-order valence-electron chi connectivity index (χ4n) is 1.33. The molecule has 2 heteroatoms. The monoisotopic (exact) mass is 175 g/mol. The van der Waals surface area contributed by atoms with E-state index in [-0.39, 0.29) is 0 Å². The van der Waals surface area contributed by atoms with Crippen LogP contribution in [0.1, 0.15) is 12.8 Å². The van der Waals surface area contributed by atoms with Gasteiger partial charge in [-0.1, -0.05) is 18.2 Å². The van der Waals surface area contributed by atoms with Gasteiger partial charge >= 0.3 is 0 Å². The lowest BCUT2D eigenvalue weighted by Crippen LogP contribution is -1.90. The lowest BCUT2D eigenvalue weighted by molar-refractivity contribution is 0.263. The van der Waals surface area contributed by atoms with Gasteiger partial charge in [-0.25, -0.2) is 0 Å². The molecule has 1 aliphatic heterocycles. The predicted molar refractivity (Wildman–Crippen MR) is 53.3 cm³/mol. The van der Waals surface area contributed by atoms with Crippen LogP contribution in [0.2, 0.25) is 0 Å². The van der Waals surface area contributed by atoms with Crippen LogP contribution < -0.4 is 5.32 Å². The molecule has 0 aromatic heterocycles. The second-order valence-corrected chi connectivity index (χ2v) is 3.07. The smallest absolute Gasteiger partial charge is 0.112 e. The molecule has 1 saturated heterocycles. The van der Waals surface area contributed by atoms with Gasteiger partial charge in [-0.15, -0.1) is 0 Å². The Morgan fingerprint density at radius 3 is 2.77 bits per heavy atom. The number of rotatable bonds is 2. The molecule has 1 N–H and O–H groups in total. The number of hydrogen-bond acceptors (Lipinski definition) is 2. The Balaban J connectivity index is 1.95. The molecule has 0 amide bonds. The van der Waals surface area contributed by atoms with Crippen molar-refractivity contribution < 1.29 is 4.74 Å². The van der Waals surface area contributed by atoms with Crippen molar-refractivity contribution in [2.24, 2.45) is 0 Å². The highest BCUT2D eigenvalue weighted by molar-refractivity contribution is 5.45. The summed E-state index contributed by atoms with van der Waals surface area (Å²) in [5, 5.41) is 3.20. The molecular weight excluding hydrogens is 162 g/mol. The summed E-state index contributed by atoms with van der Waals surface area (Å²) in [6.45, 7) is 0.863. The van der Waals surface area contributed by atoms with E-state index in [1.807, 2.05) is 36.5 Å². The SMILES string of the molecule is C(/Nc1ccccc1)=C1/CCCO1. The zero-order valence-corrected chi connectivity index (χ0v) is 7.49. The minimum atomic E-state index is 0.863. The van der Waals surface area contributed by atoms with Crippen molar-refractivity contribution in [3.05, 3.63) is 42.3 Å². The maximum Gasteiger partial charge on any atom is 0.112 e. The first-order valence-corrected chi connectivity index (χ1v) is 4.58. The molecule has 0 saturated carbocycles. The van der Waals surface area contributed by atoms with Gasteiger partial charge in [0, 0.05) is 18.3 Å². The van der Waals surface area contributed by atoms with E-state index in [1.54, 1.807) is 0 Å². The maximum absolute atomic E-state index is 5.37. The Labute approximate surface area is 78.2 Å². The third-order valence-corrected chi connectivity index (χ3v) is 2.03. The molecule has 68 valence electrons. The molecule has 13 heavy (non-hydrogen) atoms. The van der Waals surface area contributed by atoms with E-state index in [4.69, 9.17) is 4.74 Å². The van der Waals surface area contributed by atoms with Gasteiger partial charge in [-0.2, -0.15) is 0 Å². The fourth-order valence-corrected chi connectivity index (χ4v) is 1.33. The van der Waals surface area contributed by atoms with E-state index in [0.29, 0.717) is 0 Å². The van der Waals surface area contributed by atoms with Gasteiger partial charge in [0.25, 0.3) is 0 Å². The third-order valence-electron chi connectivity index (χ3n) is 2.03. The van der Waals surface area contributed by atoms with Crippen LogP contribution in [0.3, 0.4) is 0 Å². The third kappa shape index (κ3) is 2.25. The summed E-state index contributed by atoms with van der Waals surface area (Å²) in [7, 11) is 0. The summed E-state index contributed by atoms with van der Waals surface area (Å²) in [5.74, 6) is 1.06. The van der Waals surface area contributed by atoms with Crippen LogP contribution >= 0.6 is 0 Å². The van der Waals surface area contributed by atoms with Gasteiger partial charge in [0.1, 0.15) is 5.76 Å². The zero-order valence-electron chi connectivity index (χ0n) is 7.49. The Morgan fingerprint density at radius 1 is 1.23 bits per heavy atom. The standard InChI is InChI=1S/C11H13NO/c1-2-5-10(6-3-1)12-9-11-7-4-8-13-11/h1-3,5-6,9,12H,4,7-8H2/b11-9+. The van der Waals surface area contributed by atoms with Crippen LogP contribution in [-0.2, 0) is 4.74 Å². The topological polar surface area (TPSA) is 21.3 Å². The van der Waals surface area contributed by atoms with E-state index in [1.165, 1.54) is 0 Å². The van der Waals surface area contributed by atoms with Crippen molar-refractivity contribution in [3.63, 3.8) is 0 Å². The first-order valence-electron chi connectivity index (χ1n) is 4.58. The van der Waals surface area contributed by atoms with Gasteiger partial charge in [0.15, 0.2) is 0 Å². The van der Waals surface area contributed by atoms with Crippen LogP contribution in [-0.4, -0.2) is 6.61 Å². The molecule has 0 spiro atoms. The summed E-state index contributed by atoms with van der Waals surface area (Å²) in [6, 6.07) is 10.1. The number of benzene rings is 1. The van der Waals surface area contributed by atoms with Crippen LogP contribution in [0.4, 0.5) is 5.69 Å². The second-order valence-electron chi connectivity index (χ2n) is 3.07. The van der Waals surface area contributed by atoms with Crippen molar-refractivity contribution in [1.29, 1.82) is 0 Å². The largest absolute Gasteiger partial charge is 0.496 e. The number of nitrogens with one attached hydrogen (secondary N) is 1. The van der Waals surface area contributed by atoms with Crippen molar-refractivity contribution in [1.82, 2.24) is 0 Å². The van der Waals surface area contributed by atoms with Crippen LogP contribution in [0.5, 0.6) is 0 Å². The number of hydrogen-bond donors (Lipinski definition) is 1. The van der Waals surface area contributed by atoms with Gasteiger partial charge < -0.3 is 10.1 Å². The highest BCUT2D eigenvalue weighted by Crippen LogP contribution is 2.16. The van der Waals surface area contributed by atoms with E-state index in [2.05, 4.69) is 5.32 Å². The van der Waals surface area contributed by atoms with Crippen molar-refractivity contribution >= 4 is 5.69 Å². The van der Waals surface area contributed by atoms with Crippen LogP contribution in [0.25, 0.3) is 0 Å². The molecule has 0 atom stereocenters. The number of para-hydroxylation sites is 1. The lowest BCUT2D eigenvalue weighted by Gasteiger charge is -2.01. The average molecular weight is 175 g/mol. The van der Waals surface area contributed by atoms with Gasteiger partial charge in [0.2, 0.25) is 0 Å². The molecule has 0 unspecified atom stereocenters. The van der Waals surface area contributed by atoms with Crippen LogP contribution in [0, 0.1) is 0 Å². The predicted octanol–water partition coefficient (Wildman–Crippen LogP) is 2.75. The van der Waals surface area contributed by atoms with Crippen LogP contribution in [0.15, 0.2) is 42.3 Å². The minimum Gasteiger partial charge on any atom is -0.496 e. The van der Waals surface area contributed by atoms with Crippen molar-refractivity contribution in [2.45, 2.75) is 12.8 Å². The molecule has 1 aliphatic rings. The molecule has 0 aliphatic carbocycles. The van der Waals surface area contributed by atoms with Gasteiger partial charge in [-0.05, 0) is 18.6 Å². The normalized spacial score (nSPS) is 18.6. The molecule has 0 bridgehead atoms. The average Bonchev–Trinajstić information content (AvgIpc) is 2.69. The summed E-state index contributed by atoms with van der Waals surface area (Å²) in [5.41, 5.74) is 1.10. The Bertz CT molecular complexity index is 284. The highest BCUT2D eigenvalue weighted by atomic mass is 16.5. The fraction of sp³-hybridized carbons (Fsp3) is 0.273. The quantitative estimate of drug-likeness (QED) is 0.746. The number of anilines is 1. The second kappa shape index (κ2) is 3.99. The zero-order chi connectivity index (χ0) is 8.93. The first-order chi connectivity index (χ1) is 6.45. The van der Waals surface area contributed by atoms with Crippen molar-refractivity contribution in [3.8, 4) is 0 Å². The summed E-state index contributed by atoms with van der Waals surface area (Å²) in [6.07, 6.45) is 4.14. The van der Waals surface area contributed by atoms with Gasteiger partial charge in [-0.3, -0.25) is 0 Å². The van der Waals surface area contributed by atoms with E-state index < -0.39 is 0 Å². The molecule has 1 aromatic rings. The van der Waals surface area contributed by atoms with E-state index in [0.717, 1.165) is 30.9 Å². The van der Waals surface area contributed by atoms with E-state index in [9.17, 15) is 0 Å². The summed E-state index contributed by atoms with van der Waals surface area (Å²) >= 11 is 0. The molecule has 2 rings (SSSR count). The van der Waals surface area contributed by atoms with Gasteiger partial charge in [0.05, 0.1) is 6.61 Å². The molecular formula is C11H13NO. The molecule has 2 nitrogen and oxygen atoms in total. The van der Waals surface area contributed by atoms with E-state index >= 15 is 0 Å². The Kier molecular flexibility index (Phi) is 2.51. The van der Waals surface area contributed by atoms with Crippen molar-refractivity contribution in [2.75, 3.05) is 11.9 Å². The Hall–Kier alpha value is -1.44. The summed E-state index contributed by atoms with van der Waals surface area (Å²) in [4.78, 5) is 0. The maximum atomic E-state index is 5.37. The molecule has 0 radical (unpaired) electrons. The first kappa shape index (κ1) is 8.17. The molecule has 1 fully saturated rings.